The first-order chi connectivity index (χ1) is 9.36. The molecule has 6 heteroatoms. The van der Waals surface area contributed by atoms with Gasteiger partial charge in [0.15, 0.2) is 6.10 Å². The Morgan fingerprint density at radius 3 is 2.50 bits per heavy atom. The summed E-state index contributed by atoms with van der Waals surface area (Å²) in [5.74, 6) is -1.21. The number of carboxylic acids is 1. The molecule has 0 aromatic rings. The average Bonchev–Trinajstić information content (AvgIpc) is 2.87. The number of rotatable bonds is 5. The van der Waals surface area contributed by atoms with Crippen molar-refractivity contribution in [2.75, 3.05) is 6.61 Å². The first-order valence-electron chi connectivity index (χ1n) is 7.16. The van der Waals surface area contributed by atoms with Crippen LogP contribution in [0.1, 0.15) is 40.0 Å². The molecule has 1 heterocycles. The molecule has 1 saturated heterocycles. The number of hydrogen-bond acceptors (Lipinski definition) is 4. The number of hydrogen-bond donors (Lipinski definition) is 2. The molecule has 1 aliphatic heterocycles. The highest BCUT2D eigenvalue weighted by Crippen LogP contribution is 2.42. The molecule has 4 atom stereocenters. The van der Waals surface area contributed by atoms with Gasteiger partial charge < -0.3 is 19.9 Å². The third-order valence-corrected chi connectivity index (χ3v) is 4.45. The lowest BCUT2D eigenvalue weighted by Crippen LogP contribution is -2.63. The van der Waals surface area contributed by atoms with Gasteiger partial charge in [0.05, 0.1) is 6.10 Å². The number of carbonyl (C=O) groups is 2. The number of nitrogens with one attached hydrogen (secondary N) is 1. The van der Waals surface area contributed by atoms with E-state index in [1.165, 1.54) is 0 Å². The Balaban J connectivity index is 1.83. The second-order valence-electron chi connectivity index (χ2n) is 6.09. The second kappa shape index (κ2) is 5.69. The Kier molecular flexibility index (Phi) is 4.34. The first kappa shape index (κ1) is 15.3. The molecule has 1 amide bonds. The summed E-state index contributed by atoms with van der Waals surface area (Å²) in [6, 6.07) is 0.0547. The minimum absolute atomic E-state index is 0.0547. The largest absolute Gasteiger partial charge is 0.479 e. The Morgan fingerprint density at radius 2 is 2.00 bits per heavy atom. The van der Waals surface area contributed by atoms with Crippen LogP contribution < -0.4 is 5.32 Å². The average molecular weight is 285 g/mol. The summed E-state index contributed by atoms with van der Waals surface area (Å²) in [5, 5.41) is 11.8. The Morgan fingerprint density at radius 1 is 1.35 bits per heavy atom. The van der Waals surface area contributed by atoms with E-state index in [0.717, 1.165) is 6.42 Å². The highest BCUT2D eigenvalue weighted by molar-refractivity contribution is 5.83. The van der Waals surface area contributed by atoms with Crippen LogP contribution in [-0.4, -0.2) is 47.9 Å². The predicted octanol–water partition coefficient (Wildman–Crippen LogP) is 0.938. The third kappa shape index (κ3) is 2.81. The lowest BCUT2D eigenvalue weighted by atomic mass is 9.64. The van der Waals surface area contributed by atoms with Crippen molar-refractivity contribution < 1.29 is 24.2 Å². The highest BCUT2D eigenvalue weighted by Gasteiger charge is 2.50. The molecule has 20 heavy (non-hydrogen) atoms. The molecule has 2 N–H and O–H groups in total. The van der Waals surface area contributed by atoms with Gasteiger partial charge in [-0.3, -0.25) is 4.79 Å². The minimum atomic E-state index is -0.999. The molecule has 0 bridgehead atoms. The Bertz CT molecular complexity index is 395. The molecule has 2 fully saturated rings. The predicted molar refractivity (Wildman–Crippen MR) is 71.3 cm³/mol. The molecule has 1 aliphatic carbocycles. The van der Waals surface area contributed by atoms with E-state index in [0.29, 0.717) is 19.4 Å². The molecule has 6 nitrogen and oxygen atoms in total. The molecule has 0 aromatic heterocycles. The summed E-state index contributed by atoms with van der Waals surface area (Å²) in [4.78, 5) is 22.9. The van der Waals surface area contributed by atoms with E-state index >= 15 is 0 Å². The maximum atomic E-state index is 12.1. The van der Waals surface area contributed by atoms with Gasteiger partial charge in [0.2, 0.25) is 5.91 Å². The van der Waals surface area contributed by atoms with Gasteiger partial charge in [0.1, 0.15) is 6.10 Å². The minimum Gasteiger partial charge on any atom is -0.479 e. The van der Waals surface area contributed by atoms with Gasteiger partial charge in [-0.1, -0.05) is 13.8 Å². The number of aliphatic carboxylic acids is 1. The van der Waals surface area contributed by atoms with Gasteiger partial charge in [0.25, 0.3) is 0 Å². The van der Waals surface area contributed by atoms with Crippen molar-refractivity contribution in [2.24, 2.45) is 5.41 Å². The van der Waals surface area contributed by atoms with Gasteiger partial charge in [-0.2, -0.15) is 0 Å². The lowest BCUT2D eigenvalue weighted by Gasteiger charge is -2.51. The standard InChI is InChI=1S/C14H23NO5/c1-4-19-11-7-10(14(11,2)3)15-12(16)8-5-6-9(20-8)13(17)18/h8-11H,4-7H2,1-3H3,(H,15,16)(H,17,18)/t8-,9+,10?,11?/m0/s1. The van der Waals surface area contributed by atoms with Crippen molar-refractivity contribution in [1.29, 1.82) is 0 Å². The quantitative estimate of drug-likeness (QED) is 0.785. The normalized spacial score (nSPS) is 35.4. The summed E-state index contributed by atoms with van der Waals surface area (Å²) in [6.45, 7) is 6.76. The van der Waals surface area contributed by atoms with Gasteiger partial charge in [0, 0.05) is 18.1 Å². The van der Waals surface area contributed by atoms with Crippen LogP contribution in [0.15, 0.2) is 0 Å². The number of carboxylic acid groups (broad SMARTS) is 1. The van der Waals surface area contributed by atoms with Gasteiger partial charge in [-0.15, -0.1) is 0 Å². The SMILES string of the molecule is CCOC1CC(NC(=O)[C@@H]2CC[C@H](C(=O)O)O2)C1(C)C. The van der Waals surface area contributed by atoms with Crippen molar-refractivity contribution in [1.82, 2.24) is 5.32 Å². The monoisotopic (exact) mass is 285 g/mol. The smallest absolute Gasteiger partial charge is 0.332 e. The second-order valence-corrected chi connectivity index (χ2v) is 6.09. The zero-order valence-electron chi connectivity index (χ0n) is 12.2. The maximum absolute atomic E-state index is 12.1. The zero-order chi connectivity index (χ0) is 14.9. The van der Waals surface area contributed by atoms with E-state index in [1.807, 2.05) is 6.92 Å². The molecule has 0 radical (unpaired) electrons. The van der Waals surface area contributed by atoms with Gasteiger partial charge >= 0.3 is 5.97 Å². The zero-order valence-corrected chi connectivity index (χ0v) is 12.2. The van der Waals surface area contributed by atoms with E-state index < -0.39 is 18.2 Å². The number of carbonyl (C=O) groups excluding carboxylic acids is 1. The van der Waals surface area contributed by atoms with Gasteiger partial charge in [-0.25, -0.2) is 4.79 Å². The summed E-state index contributed by atoms with van der Waals surface area (Å²) < 4.78 is 10.9. The summed E-state index contributed by atoms with van der Waals surface area (Å²) in [7, 11) is 0. The fraction of sp³-hybridized carbons (Fsp3) is 0.857. The summed E-state index contributed by atoms with van der Waals surface area (Å²) in [6.07, 6.45) is 0.318. The maximum Gasteiger partial charge on any atom is 0.332 e. The molecule has 1 saturated carbocycles. The van der Waals surface area contributed by atoms with Crippen LogP contribution in [0, 0.1) is 5.41 Å². The topological polar surface area (TPSA) is 84.9 Å². The molecular weight excluding hydrogens is 262 g/mol. The first-order valence-corrected chi connectivity index (χ1v) is 7.16. The number of amides is 1. The van der Waals surface area contributed by atoms with E-state index in [1.54, 1.807) is 0 Å². The Hall–Kier alpha value is -1.14. The fourth-order valence-corrected chi connectivity index (χ4v) is 2.89. The van der Waals surface area contributed by atoms with E-state index in [2.05, 4.69) is 19.2 Å². The van der Waals surface area contributed by atoms with Crippen LogP contribution in [0.25, 0.3) is 0 Å². The van der Waals surface area contributed by atoms with E-state index in [9.17, 15) is 9.59 Å². The van der Waals surface area contributed by atoms with Crippen molar-refractivity contribution >= 4 is 11.9 Å². The molecule has 0 aromatic carbocycles. The third-order valence-electron chi connectivity index (χ3n) is 4.45. The van der Waals surface area contributed by atoms with Crippen LogP contribution in [0.3, 0.4) is 0 Å². The summed E-state index contributed by atoms with van der Waals surface area (Å²) >= 11 is 0. The molecule has 0 spiro atoms. The lowest BCUT2D eigenvalue weighted by molar-refractivity contribution is -0.154. The number of ether oxygens (including phenoxy) is 2. The van der Waals surface area contributed by atoms with Crippen molar-refractivity contribution in [3.63, 3.8) is 0 Å². The molecule has 2 rings (SSSR count). The van der Waals surface area contributed by atoms with Gasteiger partial charge in [-0.05, 0) is 26.2 Å². The molecule has 114 valence electrons. The van der Waals surface area contributed by atoms with Crippen LogP contribution in [0.5, 0.6) is 0 Å². The Labute approximate surface area is 118 Å². The molecule has 2 unspecified atom stereocenters. The van der Waals surface area contributed by atoms with Crippen molar-refractivity contribution in [3.05, 3.63) is 0 Å². The van der Waals surface area contributed by atoms with Crippen LogP contribution in [0.2, 0.25) is 0 Å². The molecule has 2 aliphatic rings. The van der Waals surface area contributed by atoms with E-state index in [4.69, 9.17) is 14.6 Å². The summed E-state index contributed by atoms with van der Waals surface area (Å²) in [5.41, 5.74) is -0.101. The van der Waals surface area contributed by atoms with Crippen LogP contribution in [-0.2, 0) is 19.1 Å². The van der Waals surface area contributed by atoms with Crippen LogP contribution >= 0.6 is 0 Å². The fourth-order valence-electron chi connectivity index (χ4n) is 2.89. The van der Waals surface area contributed by atoms with E-state index in [-0.39, 0.29) is 23.5 Å². The van der Waals surface area contributed by atoms with Crippen molar-refractivity contribution in [2.45, 2.75) is 64.4 Å². The molecular formula is C14H23NO5. The highest BCUT2D eigenvalue weighted by atomic mass is 16.5. The van der Waals surface area contributed by atoms with Crippen molar-refractivity contribution in [3.8, 4) is 0 Å². The van der Waals surface area contributed by atoms with Crippen LogP contribution in [0.4, 0.5) is 0 Å².